The topological polar surface area (TPSA) is 78.8 Å². The molecule has 4 aliphatic carbocycles. The number of aromatic amines is 1. The van der Waals surface area contributed by atoms with Gasteiger partial charge in [-0.2, -0.15) is 0 Å². The smallest absolute Gasteiger partial charge is 0.124 e. The van der Waals surface area contributed by atoms with Gasteiger partial charge in [-0.1, -0.05) is 24.0 Å². The number of H-pyrrole nitrogens is 1. The summed E-state index contributed by atoms with van der Waals surface area (Å²) in [7, 11) is 0. The molecule has 2 saturated carbocycles. The highest BCUT2D eigenvalue weighted by Crippen LogP contribution is 2.52. The average Bonchev–Trinajstić information content (AvgIpc) is 3.79. The molecule has 5 N–H and O–H groups in total. The van der Waals surface area contributed by atoms with E-state index >= 15 is 0 Å². The normalized spacial score (nSPS) is 31.1. The number of allylic oxidation sites excluding steroid dienone is 1. The van der Waals surface area contributed by atoms with E-state index < -0.39 is 0 Å². The summed E-state index contributed by atoms with van der Waals surface area (Å²) >= 11 is 0. The van der Waals surface area contributed by atoms with Crippen molar-refractivity contribution in [1.29, 1.82) is 0 Å². The monoisotopic (exact) mass is 513 g/mol. The van der Waals surface area contributed by atoms with Crippen molar-refractivity contribution >= 4 is 5.70 Å². The van der Waals surface area contributed by atoms with Gasteiger partial charge in [-0.05, 0) is 117 Å². The molecule has 1 aromatic heterocycles. The Morgan fingerprint density at radius 3 is 2.44 bits per heavy atom. The number of fused-ring (bicyclic) bond motifs is 8. The molecule has 196 valence electrons. The molecule has 3 heterocycles. The molecule has 0 amide bonds. The summed E-state index contributed by atoms with van der Waals surface area (Å²) in [5.41, 5.74) is 19.4. The molecule has 2 aromatic carbocycles. The second-order valence-electron chi connectivity index (χ2n) is 12.8. The lowest BCUT2D eigenvalue weighted by Gasteiger charge is -2.29. The Morgan fingerprint density at radius 2 is 1.62 bits per heavy atom. The van der Waals surface area contributed by atoms with E-state index in [2.05, 4.69) is 63.9 Å². The van der Waals surface area contributed by atoms with E-state index in [0.29, 0.717) is 6.04 Å². The Hall–Kier alpha value is -3.33. The maximum absolute atomic E-state index is 6.43. The van der Waals surface area contributed by atoms with E-state index in [9.17, 15) is 0 Å². The first kappa shape index (κ1) is 22.5. The number of nitrogens with zero attached hydrogens (tertiary/aromatic N) is 1. The molecule has 5 nitrogen and oxygen atoms in total. The summed E-state index contributed by atoms with van der Waals surface area (Å²) in [6.45, 7) is 0. The zero-order valence-corrected chi connectivity index (χ0v) is 22.3. The minimum absolute atomic E-state index is 0.0556. The van der Waals surface area contributed by atoms with Gasteiger partial charge in [-0.3, -0.25) is 0 Å². The molecular weight excluding hydrogens is 478 g/mol. The van der Waals surface area contributed by atoms with E-state index in [4.69, 9.17) is 10.7 Å². The standard InChI is InChI=1S/C34H35N5/c35-31-12-7-22-15-27(22)26-10-5-20-13-18(3-8-24(20)32(26)38-31)1-2-19-4-9-25-21(14-19)6-11-28-33(25)39-34(37-28)30-17-23-16-29(23)36-30/h3-4,8-9,13-14,22-23,27,29-31,36,38H,5-7,10-12,15-17,35H2,(H,37,39)/t22?,23?,27?,29?,30-,31?/m0/s1. The number of hydrogen-bond acceptors (Lipinski definition) is 4. The van der Waals surface area contributed by atoms with Crippen LogP contribution in [0.4, 0.5) is 0 Å². The summed E-state index contributed by atoms with van der Waals surface area (Å²) in [6, 6.07) is 14.6. The van der Waals surface area contributed by atoms with Gasteiger partial charge in [0, 0.05) is 39.7 Å². The lowest BCUT2D eigenvalue weighted by atomic mass is 9.84. The number of nitrogens with one attached hydrogen (secondary N) is 3. The van der Waals surface area contributed by atoms with Gasteiger partial charge in [0.1, 0.15) is 5.82 Å². The van der Waals surface area contributed by atoms with E-state index in [1.807, 2.05) is 0 Å². The molecule has 5 unspecified atom stereocenters. The molecule has 2 aliphatic heterocycles. The van der Waals surface area contributed by atoms with Gasteiger partial charge < -0.3 is 21.4 Å². The van der Waals surface area contributed by atoms with Crippen LogP contribution in [0.25, 0.3) is 17.0 Å². The first-order valence-corrected chi connectivity index (χ1v) is 15.0. The SMILES string of the molecule is NC1CCC2CC2C2=C(N1)c1ccc(C#Cc3ccc4c(c3)CCc3[nH]c([C@@H]5CC6CC6N5)nc3-4)cc1CC2. The first-order chi connectivity index (χ1) is 19.2. The van der Waals surface area contributed by atoms with Crippen LogP contribution in [-0.2, 0) is 19.3 Å². The fourth-order valence-corrected chi connectivity index (χ4v) is 7.92. The van der Waals surface area contributed by atoms with Crippen molar-refractivity contribution in [3.63, 3.8) is 0 Å². The number of benzene rings is 2. The molecular formula is C34H35N5. The molecule has 39 heavy (non-hydrogen) atoms. The van der Waals surface area contributed by atoms with Gasteiger partial charge >= 0.3 is 0 Å². The third kappa shape index (κ3) is 3.80. The van der Waals surface area contributed by atoms with E-state index in [1.54, 1.807) is 5.57 Å². The van der Waals surface area contributed by atoms with Crippen molar-refractivity contribution in [2.75, 3.05) is 0 Å². The molecule has 6 aliphatic rings. The summed E-state index contributed by atoms with van der Waals surface area (Å²) in [4.78, 5) is 8.73. The predicted octanol–water partition coefficient (Wildman–Crippen LogP) is 4.96. The second-order valence-corrected chi connectivity index (χ2v) is 12.8. The number of nitrogens with two attached hydrogens (primary N) is 1. The van der Waals surface area contributed by atoms with Crippen molar-refractivity contribution in [2.45, 2.75) is 76.0 Å². The van der Waals surface area contributed by atoms with Crippen LogP contribution in [0.1, 0.15) is 83.9 Å². The lowest BCUT2D eigenvalue weighted by Crippen LogP contribution is -2.38. The maximum atomic E-state index is 6.43. The third-order valence-electron chi connectivity index (χ3n) is 10.3. The van der Waals surface area contributed by atoms with Crippen molar-refractivity contribution in [3.8, 4) is 23.1 Å². The molecule has 3 fully saturated rings. The van der Waals surface area contributed by atoms with Crippen LogP contribution in [0.2, 0.25) is 0 Å². The first-order valence-electron chi connectivity index (χ1n) is 15.0. The minimum Gasteiger partial charge on any atom is -0.370 e. The quantitative estimate of drug-likeness (QED) is 0.347. The van der Waals surface area contributed by atoms with Crippen LogP contribution in [0.15, 0.2) is 42.0 Å². The molecule has 0 spiro atoms. The lowest BCUT2D eigenvalue weighted by molar-refractivity contribution is 0.496. The number of hydrogen-bond donors (Lipinski definition) is 4. The van der Waals surface area contributed by atoms with Gasteiger partial charge in [-0.25, -0.2) is 4.98 Å². The Kier molecular flexibility index (Phi) is 4.80. The number of piperidine rings is 1. The van der Waals surface area contributed by atoms with Crippen LogP contribution in [-0.4, -0.2) is 22.2 Å². The molecule has 3 aromatic rings. The highest BCUT2D eigenvalue weighted by atomic mass is 15.1. The summed E-state index contributed by atoms with van der Waals surface area (Å²) in [6.07, 6.45) is 10.6. The van der Waals surface area contributed by atoms with Crippen LogP contribution in [0.3, 0.4) is 0 Å². The summed E-state index contributed by atoms with van der Waals surface area (Å²) < 4.78 is 0. The fraction of sp³-hybridized carbons (Fsp3) is 0.441. The molecule has 1 saturated heterocycles. The van der Waals surface area contributed by atoms with E-state index in [0.717, 1.165) is 78.5 Å². The van der Waals surface area contributed by atoms with Gasteiger partial charge in [0.15, 0.2) is 0 Å². The zero-order valence-electron chi connectivity index (χ0n) is 22.3. The summed E-state index contributed by atoms with van der Waals surface area (Å²) in [5.74, 6) is 10.6. The Morgan fingerprint density at radius 1 is 0.821 bits per heavy atom. The maximum Gasteiger partial charge on any atom is 0.124 e. The van der Waals surface area contributed by atoms with Crippen LogP contribution in [0.5, 0.6) is 0 Å². The van der Waals surface area contributed by atoms with Crippen LogP contribution < -0.4 is 16.4 Å². The second kappa shape index (κ2) is 8.34. The van der Waals surface area contributed by atoms with Crippen LogP contribution in [0, 0.1) is 29.6 Å². The fourth-order valence-electron chi connectivity index (χ4n) is 7.92. The van der Waals surface area contributed by atoms with Crippen molar-refractivity contribution in [3.05, 3.63) is 81.3 Å². The summed E-state index contributed by atoms with van der Waals surface area (Å²) in [5, 5.41) is 7.42. The highest BCUT2D eigenvalue weighted by molar-refractivity contribution is 5.74. The Labute approximate surface area is 230 Å². The van der Waals surface area contributed by atoms with E-state index in [1.165, 1.54) is 59.3 Å². The van der Waals surface area contributed by atoms with Gasteiger partial charge in [0.25, 0.3) is 0 Å². The Balaban J connectivity index is 0.976. The third-order valence-corrected chi connectivity index (χ3v) is 10.3. The number of rotatable bonds is 1. The van der Waals surface area contributed by atoms with E-state index in [-0.39, 0.29) is 6.17 Å². The number of imidazole rings is 1. The molecule has 5 heteroatoms. The average molecular weight is 514 g/mol. The molecule has 0 radical (unpaired) electrons. The number of aryl methyl sites for hydroxylation is 3. The highest BCUT2D eigenvalue weighted by Gasteiger charge is 2.47. The van der Waals surface area contributed by atoms with Gasteiger partial charge in [0.05, 0.1) is 17.9 Å². The molecule has 0 bridgehead atoms. The number of aromatic nitrogens is 2. The van der Waals surface area contributed by atoms with Gasteiger partial charge in [-0.15, -0.1) is 0 Å². The zero-order chi connectivity index (χ0) is 25.7. The van der Waals surface area contributed by atoms with Crippen molar-refractivity contribution in [1.82, 2.24) is 20.6 Å². The molecule has 6 atom stereocenters. The Bertz CT molecular complexity index is 1610. The van der Waals surface area contributed by atoms with Crippen molar-refractivity contribution < 1.29 is 0 Å². The minimum atomic E-state index is 0.0556. The predicted molar refractivity (Wildman–Crippen MR) is 153 cm³/mol. The largest absolute Gasteiger partial charge is 0.370 e. The van der Waals surface area contributed by atoms with Crippen molar-refractivity contribution in [2.24, 2.45) is 23.5 Å². The van der Waals surface area contributed by atoms with Gasteiger partial charge in [0.2, 0.25) is 0 Å². The molecule has 9 rings (SSSR count). The van der Waals surface area contributed by atoms with Crippen LogP contribution >= 0.6 is 0 Å².